The minimum absolute atomic E-state index is 0.152. The minimum atomic E-state index is -3.64. The predicted octanol–water partition coefficient (Wildman–Crippen LogP) is 3.28. The van der Waals surface area contributed by atoms with E-state index in [1.165, 1.54) is 15.3 Å². The third-order valence-corrected chi connectivity index (χ3v) is 9.63. The molecule has 2 aromatic carbocycles. The smallest absolute Gasteiger partial charge is 0.255 e. The Morgan fingerprint density at radius 3 is 2.30 bits per heavy atom. The molecule has 0 radical (unpaired) electrons. The number of carbonyl (C=O) groups is 3. The highest BCUT2D eigenvalue weighted by atomic mass is 32.2. The molecule has 0 aliphatic carbocycles. The van der Waals surface area contributed by atoms with E-state index in [2.05, 4.69) is 19.2 Å². The molecule has 10 heteroatoms. The molecule has 5 rings (SSSR count). The van der Waals surface area contributed by atoms with E-state index in [9.17, 15) is 22.8 Å². The van der Waals surface area contributed by atoms with Gasteiger partial charge in [0.15, 0.2) is 0 Å². The van der Waals surface area contributed by atoms with Crippen LogP contribution >= 0.6 is 0 Å². The van der Waals surface area contributed by atoms with Gasteiger partial charge < -0.3 is 4.90 Å². The van der Waals surface area contributed by atoms with Gasteiger partial charge in [0, 0.05) is 31.6 Å². The van der Waals surface area contributed by atoms with Crippen LogP contribution in [0.2, 0.25) is 0 Å². The van der Waals surface area contributed by atoms with Crippen LogP contribution in [0.25, 0.3) is 0 Å². The zero-order valence-electron chi connectivity index (χ0n) is 20.9. The first-order valence-corrected chi connectivity index (χ1v) is 14.1. The van der Waals surface area contributed by atoms with E-state index in [0.29, 0.717) is 29.9 Å². The normalized spacial score (nSPS) is 21.5. The second kappa shape index (κ2) is 9.64. The first-order valence-electron chi connectivity index (χ1n) is 12.6. The lowest BCUT2D eigenvalue weighted by molar-refractivity contribution is -0.136. The number of carbonyl (C=O) groups excluding carboxylic acids is 3. The van der Waals surface area contributed by atoms with Gasteiger partial charge in [-0.2, -0.15) is 4.31 Å². The molecule has 0 spiro atoms. The molecule has 3 amide bonds. The van der Waals surface area contributed by atoms with Crippen LogP contribution in [0.5, 0.6) is 0 Å². The zero-order valence-corrected chi connectivity index (χ0v) is 21.7. The number of nitrogens with zero attached hydrogens (tertiary/aromatic N) is 2. The molecule has 3 heterocycles. The number of amides is 3. The lowest BCUT2D eigenvalue weighted by atomic mass is 9.88. The van der Waals surface area contributed by atoms with Gasteiger partial charge in [0.2, 0.25) is 21.8 Å². The maximum Gasteiger partial charge on any atom is 0.255 e. The Balaban J connectivity index is 1.29. The minimum Gasteiger partial charge on any atom is -0.322 e. The van der Waals surface area contributed by atoms with Crippen molar-refractivity contribution in [1.82, 2.24) is 14.5 Å². The van der Waals surface area contributed by atoms with E-state index in [1.54, 1.807) is 18.2 Å². The number of hydrogen-bond donors (Lipinski definition) is 1. The molecule has 1 atom stereocenters. The zero-order chi connectivity index (χ0) is 26.5. The molecule has 0 bridgehead atoms. The molecule has 0 saturated carbocycles. The molecule has 1 N–H and O–H groups in total. The molecule has 3 aliphatic rings. The van der Waals surface area contributed by atoms with Gasteiger partial charge in [-0.25, -0.2) is 12.8 Å². The van der Waals surface area contributed by atoms with E-state index >= 15 is 4.39 Å². The van der Waals surface area contributed by atoms with E-state index < -0.39 is 33.7 Å². The van der Waals surface area contributed by atoms with Crippen LogP contribution in [0.1, 0.15) is 78.4 Å². The average molecular weight is 528 g/mol. The van der Waals surface area contributed by atoms with Gasteiger partial charge in [-0.05, 0) is 66.0 Å². The van der Waals surface area contributed by atoms with Crippen molar-refractivity contribution in [2.45, 2.75) is 68.8 Å². The first kappa shape index (κ1) is 25.5. The maximum atomic E-state index is 15.2. The molecule has 2 aromatic rings. The van der Waals surface area contributed by atoms with Crippen molar-refractivity contribution in [3.05, 3.63) is 64.5 Å². The third kappa shape index (κ3) is 4.68. The number of sulfonamides is 1. The monoisotopic (exact) mass is 527 g/mol. The summed E-state index contributed by atoms with van der Waals surface area (Å²) in [4.78, 5) is 38.3. The highest BCUT2D eigenvalue weighted by molar-refractivity contribution is 7.89. The van der Waals surface area contributed by atoms with E-state index in [1.807, 2.05) is 12.1 Å². The lowest BCUT2D eigenvalue weighted by Gasteiger charge is -2.31. The summed E-state index contributed by atoms with van der Waals surface area (Å²) in [6, 6.07) is 9.12. The molecule has 37 heavy (non-hydrogen) atoms. The van der Waals surface area contributed by atoms with Crippen LogP contribution < -0.4 is 5.32 Å². The Morgan fingerprint density at radius 1 is 1.00 bits per heavy atom. The van der Waals surface area contributed by atoms with Gasteiger partial charge in [0.1, 0.15) is 11.9 Å². The van der Waals surface area contributed by atoms with Gasteiger partial charge in [-0.15, -0.1) is 0 Å². The predicted molar refractivity (Wildman–Crippen MR) is 134 cm³/mol. The Kier molecular flexibility index (Phi) is 6.66. The van der Waals surface area contributed by atoms with Crippen molar-refractivity contribution < 1.29 is 27.2 Å². The van der Waals surface area contributed by atoms with Crippen molar-refractivity contribution >= 4 is 27.7 Å². The van der Waals surface area contributed by atoms with Crippen LogP contribution in [-0.4, -0.2) is 54.5 Å². The summed E-state index contributed by atoms with van der Waals surface area (Å²) in [7, 11) is -3.64. The lowest BCUT2D eigenvalue weighted by Crippen LogP contribution is -2.52. The number of imide groups is 1. The molecule has 196 valence electrons. The number of nitrogens with one attached hydrogen (secondary N) is 1. The first-order chi connectivity index (χ1) is 17.6. The largest absolute Gasteiger partial charge is 0.322 e. The summed E-state index contributed by atoms with van der Waals surface area (Å²) in [5, 5.41) is 2.26. The third-order valence-electron chi connectivity index (χ3n) is 7.72. The number of benzene rings is 2. The summed E-state index contributed by atoms with van der Waals surface area (Å²) >= 11 is 0. The number of rotatable bonds is 5. The van der Waals surface area contributed by atoms with Crippen molar-refractivity contribution in [3.8, 4) is 0 Å². The van der Waals surface area contributed by atoms with Gasteiger partial charge >= 0.3 is 0 Å². The van der Waals surface area contributed by atoms with Gasteiger partial charge in [0.05, 0.1) is 4.90 Å². The number of halogens is 1. The fourth-order valence-electron chi connectivity index (χ4n) is 5.50. The molecule has 0 aromatic heterocycles. The summed E-state index contributed by atoms with van der Waals surface area (Å²) in [5.41, 5.74) is 2.41. The van der Waals surface area contributed by atoms with Crippen molar-refractivity contribution in [2.75, 3.05) is 13.1 Å². The van der Waals surface area contributed by atoms with Gasteiger partial charge in [0.25, 0.3) is 5.91 Å². The highest BCUT2D eigenvalue weighted by Crippen LogP contribution is 2.36. The van der Waals surface area contributed by atoms with Crippen LogP contribution in [0.3, 0.4) is 0 Å². The molecule has 3 aliphatic heterocycles. The van der Waals surface area contributed by atoms with Crippen LogP contribution in [0, 0.1) is 5.82 Å². The van der Waals surface area contributed by atoms with Crippen molar-refractivity contribution in [1.29, 1.82) is 0 Å². The van der Waals surface area contributed by atoms with Crippen LogP contribution in [0.4, 0.5) is 4.39 Å². The van der Waals surface area contributed by atoms with Crippen LogP contribution in [0.15, 0.2) is 41.3 Å². The Hall–Kier alpha value is -3.11. The summed E-state index contributed by atoms with van der Waals surface area (Å²) in [5.74, 6) is -1.66. The van der Waals surface area contributed by atoms with Crippen LogP contribution in [-0.2, 0) is 26.2 Å². The fraction of sp³-hybridized carbons (Fsp3) is 0.444. The van der Waals surface area contributed by atoms with E-state index in [0.717, 1.165) is 5.56 Å². The van der Waals surface area contributed by atoms with Crippen molar-refractivity contribution in [2.24, 2.45) is 0 Å². The Bertz CT molecular complexity index is 1370. The van der Waals surface area contributed by atoms with Gasteiger partial charge in [-0.1, -0.05) is 32.0 Å². The second-order valence-electron chi connectivity index (χ2n) is 10.3. The number of piperidine rings is 2. The number of hydrogen-bond acceptors (Lipinski definition) is 5. The molecular formula is C27H30FN3O5S. The summed E-state index contributed by atoms with van der Waals surface area (Å²) in [6.07, 6.45) is 1.32. The SMILES string of the molecule is CC(C)c1ccc(S(=O)(=O)N2CCC(c3cc4c(cc3F)C(=O)N(C3CCC(=O)NC3=O)C4)CC2)cc1. The molecule has 2 saturated heterocycles. The van der Waals surface area contributed by atoms with Crippen molar-refractivity contribution in [3.63, 3.8) is 0 Å². The summed E-state index contributed by atoms with van der Waals surface area (Å²) in [6.45, 7) is 4.82. The average Bonchev–Trinajstić information content (AvgIpc) is 3.18. The quantitative estimate of drug-likeness (QED) is 0.601. The Labute approximate surface area is 215 Å². The fourth-order valence-corrected chi connectivity index (χ4v) is 6.97. The molecule has 1 unspecified atom stereocenters. The molecular weight excluding hydrogens is 497 g/mol. The molecule has 8 nitrogen and oxygen atoms in total. The second-order valence-corrected chi connectivity index (χ2v) is 12.3. The topological polar surface area (TPSA) is 104 Å². The Morgan fingerprint density at radius 2 is 1.68 bits per heavy atom. The summed E-state index contributed by atoms with van der Waals surface area (Å²) < 4.78 is 42.9. The standard InChI is InChI=1S/C27H30FN3O5S/c1-16(2)17-3-5-20(6-4-17)37(35,36)30-11-9-18(10-12-30)21-13-19-15-31(27(34)22(19)14-23(21)28)24-7-8-25(32)29-26(24)33/h3-6,13-14,16,18,24H,7-12,15H2,1-2H3,(H,29,32,33). The van der Waals surface area contributed by atoms with E-state index in [4.69, 9.17) is 0 Å². The molecule has 2 fully saturated rings. The van der Waals surface area contributed by atoms with Gasteiger partial charge in [-0.3, -0.25) is 19.7 Å². The van der Waals surface area contributed by atoms with E-state index in [-0.39, 0.29) is 54.8 Å². The number of fused-ring (bicyclic) bond motifs is 1. The maximum absolute atomic E-state index is 15.2. The highest BCUT2D eigenvalue weighted by Gasteiger charge is 2.40.